The van der Waals surface area contributed by atoms with Crippen molar-refractivity contribution in [3.63, 3.8) is 0 Å². The second-order valence-electron chi connectivity index (χ2n) is 4.99. The minimum Gasteiger partial charge on any atom is -0.497 e. The van der Waals surface area contributed by atoms with Crippen LogP contribution in [0.5, 0.6) is 5.75 Å². The number of methoxy groups -OCH3 is 1. The fourth-order valence-corrected chi connectivity index (χ4v) is 2.59. The van der Waals surface area contributed by atoms with Crippen LogP contribution in [0.4, 0.5) is 4.39 Å². The van der Waals surface area contributed by atoms with Crippen molar-refractivity contribution in [3.05, 3.63) is 95.8 Å². The van der Waals surface area contributed by atoms with Crippen LogP contribution >= 0.6 is 11.8 Å². The van der Waals surface area contributed by atoms with Gasteiger partial charge in [0, 0.05) is 9.80 Å². The molecule has 0 aromatic heterocycles. The maximum absolute atomic E-state index is 12.6. The first-order valence-corrected chi connectivity index (χ1v) is 8.33. The Morgan fingerprint density at radius 1 is 1.12 bits per heavy atom. The second-order valence-corrected chi connectivity index (χ2v) is 6.16. The lowest BCUT2D eigenvalue weighted by Gasteiger charge is -2.07. The van der Waals surface area contributed by atoms with Gasteiger partial charge in [0.05, 0.1) is 7.11 Å². The Hall–Kier alpha value is -2.26. The fourth-order valence-electron chi connectivity index (χ4n) is 1.76. The monoisotopic (exact) mass is 342 g/mol. The molecule has 1 rings (SSSR count). The van der Waals surface area contributed by atoms with Crippen molar-refractivity contribution in [2.45, 2.75) is 18.7 Å². The average Bonchev–Trinajstić information content (AvgIpc) is 2.56. The van der Waals surface area contributed by atoms with E-state index >= 15 is 0 Å². The molecule has 0 atom stereocenters. The zero-order valence-corrected chi connectivity index (χ0v) is 15.2. The number of halogens is 1. The van der Waals surface area contributed by atoms with Crippen LogP contribution in [-0.4, -0.2) is 7.11 Å². The SMILES string of the molecule is C=C(F)\C=C/C(=C\C)/C=C/C=C/C(=C)Sc1cc(OC)ccc1C. The quantitative estimate of drug-likeness (QED) is 0.383. The van der Waals surface area contributed by atoms with Gasteiger partial charge in [-0.25, -0.2) is 4.39 Å². The van der Waals surface area contributed by atoms with Gasteiger partial charge in [0.15, 0.2) is 0 Å². The Kier molecular flexibility index (Phi) is 8.66. The fraction of sp³-hybridized carbons (Fsp3) is 0.143. The summed E-state index contributed by atoms with van der Waals surface area (Å²) in [6.07, 6.45) is 12.5. The van der Waals surface area contributed by atoms with Crippen molar-refractivity contribution >= 4 is 11.8 Å². The minimum absolute atomic E-state index is 0.461. The van der Waals surface area contributed by atoms with Gasteiger partial charge >= 0.3 is 0 Å². The van der Waals surface area contributed by atoms with Crippen molar-refractivity contribution in [1.82, 2.24) is 0 Å². The Morgan fingerprint density at radius 3 is 2.46 bits per heavy atom. The highest BCUT2D eigenvalue weighted by Crippen LogP contribution is 2.31. The maximum Gasteiger partial charge on any atom is 0.120 e. The van der Waals surface area contributed by atoms with E-state index in [1.807, 2.05) is 55.5 Å². The molecule has 0 aliphatic rings. The van der Waals surface area contributed by atoms with Gasteiger partial charge in [-0.2, -0.15) is 0 Å². The first-order valence-electron chi connectivity index (χ1n) is 7.51. The van der Waals surface area contributed by atoms with Crippen LogP contribution < -0.4 is 4.74 Å². The highest BCUT2D eigenvalue weighted by atomic mass is 32.2. The van der Waals surface area contributed by atoms with Crippen LogP contribution in [-0.2, 0) is 0 Å². The van der Waals surface area contributed by atoms with Crippen LogP contribution in [0, 0.1) is 6.92 Å². The Labute approximate surface area is 148 Å². The molecule has 3 heteroatoms. The van der Waals surface area contributed by atoms with E-state index in [1.165, 1.54) is 11.6 Å². The molecule has 0 amide bonds. The third-order valence-electron chi connectivity index (χ3n) is 3.11. The first-order chi connectivity index (χ1) is 11.5. The van der Waals surface area contributed by atoms with Crippen molar-refractivity contribution < 1.29 is 9.13 Å². The van der Waals surface area contributed by atoms with Gasteiger partial charge in [0.2, 0.25) is 0 Å². The Bertz CT molecular complexity index is 709. The molecule has 0 aliphatic carbocycles. The highest BCUT2D eigenvalue weighted by Gasteiger charge is 2.02. The number of aryl methyl sites for hydroxylation is 1. The molecule has 24 heavy (non-hydrogen) atoms. The van der Waals surface area contributed by atoms with E-state index in [1.54, 1.807) is 24.9 Å². The summed E-state index contributed by atoms with van der Waals surface area (Å²) in [5.41, 5.74) is 2.08. The number of benzene rings is 1. The largest absolute Gasteiger partial charge is 0.497 e. The second kappa shape index (κ2) is 10.5. The van der Waals surface area contributed by atoms with E-state index < -0.39 is 5.83 Å². The number of ether oxygens (including phenoxy) is 1. The van der Waals surface area contributed by atoms with Gasteiger partial charge in [0.25, 0.3) is 0 Å². The third kappa shape index (κ3) is 7.34. The molecular weight excluding hydrogens is 319 g/mol. The van der Waals surface area contributed by atoms with Crippen molar-refractivity contribution in [3.8, 4) is 5.75 Å². The van der Waals surface area contributed by atoms with Gasteiger partial charge in [0.1, 0.15) is 11.6 Å². The minimum atomic E-state index is -0.461. The van der Waals surface area contributed by atoms with Gasteiger partial charge in [-0.05, 0) is 49.3 Å². The number of rotatable bonds is 8. The van der Waals surface area contributed by atoms with E-state index in [2.05, 4.69) is 20.1 Å². The van der Waals surface area contributed by atoms with Gasteiger partial charge in [-0.3, -0.25) is 0 Å². The van der Waals surface area contributed by atoms with E-state index in [0.29, 0.717) is 0 Å². The number of thioether (sulfide) groups is 1. The van der Waals surface area contributed by atoms with Gasteiger partial charge < -0.3 is 4.74 Å². The number of allylic oxidation sites excluding steroid dienone is 9. The molecule has 0 aliphatic heterocycles. The summed E-state index contributed by atoms with van der Waals surface area (Å²) in [6.45, 7) is 11.2. The van der Waals surface area contributed by atoms with E-state index in [9.17, 15) is 4.39 Å². The molecule has 0 fully saturated rings. The lowest BCUT2D eigenvalue weighted by atomic mass is 10.2. The number of hydrogen-bond donors (Lipinski definition) is 0. The zero-order chi connectivity index (χ0) is 17.9. The lowest BCUT2D eigenvalue weighted by Crippen LogP contribution is -1.85. The lowest BCUT2D eigenvalue weighted by molar-refractivity contribution is 0.413. The summed E-state index contributed by atoms with van der Waals surface area (Å²) >= 11 is 1.59. The number of hydrogen-bond acceptors (Lipinski definition) is 2. The predicted octanol–water partition coefficient (Wildman–Crippen LogP) is 6.71. The molecule has 1 aromatic carbocycles. The predicted molar refractivity (Wildman–Crippen MR) is 104 cm³/mol. The molecule has 0 heterocycles. The van der Waals surface area contributed by atoms with Gasteiger partial charge in [-0.1, -0.05) is 61.4 Å². The molecule has 0 radical (unpaired) electrons. The molecule has 0 bridgehead atoms. The molecule has 1 aromatic rings. The van der Waals surface area contributed by atoms with Crippen LogP contribution in [0.25, 0.3) is 0 Å². The topological polar surface area (TPSA) is 9.23 Å². The van der Waals surface area contributed by atoms with Crippen LogP contribution in [0.2, 0.25) is 0 Å². The van der Waals surface area contributed by atoms with Crippen molar-refractivity contribution in [2.75, 3.05) is 7.11 Å². The van der Waals surface area contributed by atoms with Crippen molar-refractivity contribution in [1.29, 1.82) is 0 Å². The van der Waals surface area contributed by atoms with Crippen LogP contribution in [0.15, 0.2) is 95.1 Å². The Balaban J connectivity index is 2.66. The first kappa shape index (κ1) is 19.8. The molecule has 0 saturated heterocycles. The summed E-state index contributed by atoms with van der Waals surface area (Å²) in [7, 11) is 1.66. The van der Waals surface area contributed by atoms with E-state index in [4.69, 9.17) is 4.74 Å². The summed E-state index contributed by atoms with van der Waals surface area (Å²) in [4.78, 5) is 2.04. The smallest absolute Gasteiger partial charge is 0.120 e. The van der Waals surface area contributed by atoms with Crippen molar-refractivity contribution in [2.24, 2.45) is 0 Å². The molecule has 126 valence electrons. The van der Waals surface area contributed by atoms with E-state index in [0.717, 1.165) is 21.1 Å². The standard InChI is InChI=1S/C21H23FOS/c1-6-19(13-12-17(3)22)10-8-7-9-18(4)24-21-15-20(23-5)14-11-16(21)2/h6-15H,3-4H2,1-2,5H3/b9-7+,10-8+,13-12-,19-6-. The highest BCUT2D eigenvalue weighted by molar-refractivity contribution is 8.03. The molecule has 0 spiro atoms. The zero-order valence-electron chi connectivity index (χ0n) is 14.4. The van der Waals surface area contributed by atoms with Crippen LogP contribution in [0.3, 0.4) is 0 Å². The average molecular weight is 342 g/mol. The molecule has 0 unspecified atom stereocenters. The molecule has 0 saturated carbocycles. The third-order valence-corrected chi connectivity index (χ3v) is 4.17. The van der Waals surface area contributed by atoms with Crippen LogP contribution in [0.1, 0.15) is 12.5 Å². The maximum atomic E-state index is 12.6. The molecule has 0 N–H and O–H groups in total. The van der Waals surface area contributed by atoms with Gasteiger partial charge in [-0.15, -0.1) is 0 Å². The summed E-state index contributed by atoms with van der Waals surface area (Å²) in [5.74, 6) is 0.371. The summed E-state index contributed by atoms with van der Waals surface area (Å²) in [5, 5.41) is 0. The van der Waals surface area contributed by atoms with E-state index in [-0.39, 0.29) is 0 Å². The molecule has 1 nitrogen and oxygen atoms in total. The normalized spacial score (nSPS) is 12.4. The summed E-state index contributed by atoms with van der Waals surface area (Å²) in [6, 6.07) is 5.97. The molecular formula is C21H23FOS. The Morgan fingerprint density at radius 2 is 1.83 bits per heavy atom. The summed E-state index contributed by atoms with van der Waals surface area (Å²) < 4.78 is 17.9.